The summed E-state index contributed by atoms with van der Waals surface area (Å²) in [5.74, 6) is 0.581. The molecule has 0 bridgehead atoms. The van der Waals surface area contributed by atoms with Crippen molar-refractivity contribution in [1.29, 1.82) is 0 Å². The lowest BCUT2D eigenvalue weighted by Gasteiger charge is -2.37. The predicted molar refractivity (Wildman–Crippen MR) is 114 cm³/mol. The van der Waals surface area contributed by atoms with E-state index in [1.165, 1.54) is 0 Å². The van der Waals surface area contributed by atoms with Crippen LogP contribution in [-0.4, -0.2) is 65.0 Å². The third-order valence-electron chi connectivity index (χ3n) is 6.05. The number of amides is 1. The number of fused-ring (bicyclic) bond motifs is 1. The lowest BCUT2D eigenvalue weighted by molar-refractivity contribution is -0.132. The van der Waals surface area contributed by atoms with Gasteiger partial charge in [-0.2, -0.15) is 4.98 Å². The Labute approximate surface area is 175 Å². The van der Waals surface area contributed by atoms with Crippen molar-refractivity contribution in [2.75, 3.05) is 49.1 Å². The number of oxazole rings is 1. The van der Waals surface area contributed by atoms with E-state index in [-0.39, 0.29) is 5.91 Å². The number of aromatic nitrogens is 3. The van der Waals surface area contributed by atoms with E-state index >= 15 is 0 Å². The highest BCUT2D eigenvalue weighted by Crippen LogP contribution is 2.27. The fraction of sp³-hybridized carbons (Fsp3) is 0.455. The molecule has 0 aromatic carbocycles. The number of hydrogen-bond donors (Lipinski definition) is 0. The van der Waals surface area contributed by atoms with Crippen molar-refractivity contribution in [2.24, 2.45) is 5.92 Å². The first kappa shape index (κ1) is 18.8. The largest absolute Gasteiger partial charge is 0.422 e. The second-order valence-electron chi connectivity index (χ2n) is 8.06. The van der Waals surface area contributed by atoms with Gasteiger partial charge in [-0.1, -0.05) is 0 Å². The minimum atomic E-state index is 0.256. The molecule has 5 rings (SSSR count). The number of piperazine rings is 1. The van der Waals surface area contributed by atoms with Gasteiger partial charge in [0.25, 0.3) is 6.01 Å². The maximum atomic E-state index is 12.9. The molecule has 2 aliphatic rings. The van der Waals surface area contributed by atoms with Gasteiger partial charge in [-0.15, -0.1) is 0 Å². The summed E-state index contributed by atoms with van der Waals surface area (Å²) in [5, 5.41) is 0. The van der Waals surface area contributed by atoms with Crippen LogP contribution in [0.2, 0.25) is 0 Å². The molecule has 1 amide bonds. The van der Waals surface area contributed by atoms with E-state index < -0.39 is 0 Å². The molecule has 0 spiro atoms. The Balaban J connectivity index is 1.16. The first-order valence-electron chi connectivity index (χ1n) is 10.7. The zero-order chi connectivity index (χ0) is 20.3. The van der Waals surface area contributed by atoms with Crippen molar-refractivity contribution in [3.05, 3.63) is 42.9 Å². The third kappa shape index (κ3) is 3.94. The van der Waals surface area contributed by atoms with Crippen molar-refractivity contribution in [3.63, 3.8) is 0 Å². The molecule has 30 heavy (non-hydrogen) atoms. The van der Waals surface area contributed by atoms with Crippen LogP contribution < -0.4 is 9.80 Å². The molecular weight excluding hydrogens is 380 g/mol. The topological polar surface area (TPSA) is 78.6 Å². The van der Waals surface area contributed by atoms with Crippen LogP contribution in [0.5, 0.6) is 0 Å². The molecule has 156 valence electrons. The number of anilines is 2. The molecule has 8 heteroatoms. The van der Waals surface area contributed by atoms with Gasteiger partial charge in [0.2, 0.25) is 11.6 Å². The molecule has 1 atom stereocenters. The number of rotatable bonds is 4. The van der Waals surface area contributed by atoms with E-state index in [4.69, 9.17) is 4.42 Å². The molecule has 0 N–H and O–H groups in total. The van der Waals surface area contributed by atoms with Crippen LogP contribution in [0.25, 0.3) is 11.2 Å². The van der Waals surface area contributed by atoms with Crippen LogP contribution in [0.3, 0.4) is 0 Å². The molecule has 3 aromatic heterocycles. The second-order valence-corrected chi connectivity index (χ2v) is 8.06. The van der Waals surface area contributed by atoms with Crippen molar-refractivity contribution in [2.45, 2.75) is 19.3 Å². The first-order valence-corrected chi connectivity index (χ1v) is 10.7. The number of hydrogen-bond acceptors (Lipinski definition) is 7. The van der Waals surface area contributed by atoms with Crippen molar-refractivity contribution in [3.8, 4) is 0 Å². The van der Waals surface area contributed by atoms with Crippen molar-refractivity contribution < 1.29 is 9.21 Å². The maximum absolute atomic E-state index is 12.9. The monoisotopic (exact) mass is 406 g/mol. The molecule has 0 aliphatic carbocycles. The summed E-state index contributed by atoms with van der Waals surface area (Å²) in [5.41, 5.74) is 2.47. The standard InChI is InChI=1S/C22H26N6O2/c29-20(27-12-10-26(11-13-27)18-5-1-7-23-15-18)14-17-4-3-9-28(16-17)22-25-21-19(30-22)6-2-8-24-21/h1-2,5-8,15,17H,3-4,9-14,16H2. The van der Waals surface area contributed by atoms with Crippen LogP contribution in [0.15, 0.2) is 47.3 Å². The van der Waals surface area contributed by atoms with Crippen LogP contribution >= 0.6 is 0 Å². The quantitative estimate of drug-likeness (QED) is 0.659. The number of carbonyl (C=O) groups is 1. The highest BCUT2D eigenvalue weighted by molar-refractivity contribution is 5.77. The molecule has 5 heterocycles. The van der Waals surface area contributed by atoms with Gasteiger partial charge in [0.1, 0.15) is 0 Å². The van der Waals surface area contributed by atoms with Crippen molar-refractivity contribution in [1.82, 2.24) is 19.9 Å². The third-order valence-corrected chi connectivity index (χ3v) is 6.05. The Kier molecular flexibility index (Phi) is 5.21. The van der Waals surface area contributed by atoms with Gasteiger partial charge in [0, 0.05) is 58.1 Å². The molecule has 2 saturated heterocycles. The molecule has 2 fully saturated rings. The van der Waals surface area contributed by atoms with E-state index in [1.807, 2.05) is 29.3 Å². The van der Waals surface area contributed by atoms with Gasteiger partial charge in [0.05, 0.1) is 11.9 Å². The summed E-state index contributed by atoms with van der Waals surface area (Å²) < 4.78 is 5.88. The molecular formula is C22H26N6O2. The first-order chi connectivity index (χ1) is 14.8. The van der Waals surface area contributed by atoms with Gasteiger partial charge in [-0.05, 0) is 43.0 Å². The number of carbonyl (C=O) groups excluding carboxylic acids is 1. The van der Waals surface area contributed by atoms with Crippen LogP contribution in [0, 0.1) is 5.92 Å². The Morgan fingerprint density at radius 3 is 2.73 bits per heavy atom. The zero-order valence-electron chi connectivity index (χ0n) is 17.0. The predicted octanol–water partition coefficient (Wildman–Crippen LogP) is 2.57. The molecule has 8 nitrogen and oxygen atoms in total. The fourth-order valence-corrected chi connectivity index (χ4v) is 4.43. The lowest BCUT2D eigenvalue weighted by atomic mass is 9.94. The van der Waals surface area contributed by atoms with Gasteiger partial charge in [0.15, 0.2) is 5.58 Å². The summed E-state index contributed by atoms with van der Waals surface area (Å²) in [6.45, 7) is 4.94. The van der Waals surface area contributed by atoms with Gasteiger partial charge in [-0.3, -0.25) is 9.78 Å². The average molecular weight is 406 g/mol. The number of nitrogens with zero attached hydrogens (tertiary/aromatic N) is 6. The summed E-state index contributed by atoms with van der Waals surface area (Å²) in [6.07, 6.45) is 8.08. The lowest BCUT2D eigenvalue weighted by Crippen LogP contribution is -2.49. The van der Waals surface area contributed by atoms with Crippen molar-refractivity contribution >= 4 is 28.8 Å². The number of piperidine rings is 1. The van der Waals surface area contributed by atoms with Crippen LogP contribution in [0.4, 0.5) is 11.7 Å². The van der Waals surface area contributed by atoms with E-state index in [9.17, 15) is 4.79 Å². The summed E-state index contributed by atoms with van der Waals surface area (Å²) >= 11 is 0. The summed E-state index contributed by atoms with van der Waals surface area (Å²) in [6, 6.07) is 8.38. The highest BCUT2D eigenvalue weighted by atomic mass is 16.4. The smallest absolute Gasteiger partial charge is 0.299 e. The normalized spacial score (nSPS) is 20.0. The van der Waals surface area contributed by atoms with Gasteiger partial charge >= 0.3 is 0 Å². The Morgan fingerprint density at radius 1 is 1.07 bits per heavy atom. The minimum absolute atomic E-state index is 0.256. The van der Waals surface area contributed by atoms with Gasteiger partial charge < -0.3 is 19.1 Å². The van der Waals surface area contributed by atoms with Crippen LogP contribution in [0.1, 0.15) is 19.3 Å². The summed E-state index contributed by atoms with van der Waals surface area (Å²) in [4.78, 5) is 32.3. The SMILES string of the molecule is O=C(CC1CCCN(c2nc3ncccc3o2)C1)N1CCN(c2cccnc2)CC1. The zero-order valence-corrected chi connectivity index (χ0v) is 17.0. The molecule has 1 unspecified atom stereocenters. The minimum Gasteiger partial charge on any atom is -0.422 e. The second kappa shape index (κ2) is 8.30. The van der Waals surface area contributed by atoms with Gasteiger partial charge in [-0.25, -0.2) is 4.98 Å². The van der Waals surface area contributed by atoms with E-state index in [2.05, 4.69) is 30.8 Å². The average Bonchev–Trinajstić information content (AvgIpc) is 3.24. The van der Waals surface area contributed by atoms with E-state index in [1.54, 1.807) is 12.4 Å². The number of pyridine rings is 2. The molecule has 3 aromatic rings. The Bertz CT molecular complexity index is 966. The highest BCUT2D eigenvalue weighted by Gasteiger charge is 2.28. The van der Waals surface area contributed by atoms with E-state index in [0.29, 0.717) is 29.6 Å². The van der Waals surface area contributed by atoms with E-state index in [0.717, 1.165) is 57.8 Å². The maximum Gasteiger partial charge on any atom is 0.299 e. The molecule has 2 aliphatic heterocycles. The molecule has 0 radical (unpaired) electrons. The summed E-state index contributed by atoms with van der Waals surface area (Å²) in [7, 11) is 0. The molecule has 0 saturated carbocycles. The fourth-order valence-electron chi connectivity index (χ4n) is 4.43. The van der Waals surface area contributed by atoms with Crippen LogP contribution in [-0.2, 0) is 4.79 Å². The Hall–Kier alpha value is -3.16. The Morgan fingerprint density at radius 2 is 1.93 bits per heavy atom.